The summed E-state index contributed by atoms with van der Waals surface area (Å²) < 4.78 is 5.10. The predicted molar refractivity (Wildman–Crippen MR) is 74.0 cm³/mol. The molecule has 0 saturated carbocycles. The number of nitrogens with zero attached hydrogens (tertiary/aromatic N) is 1. The van der Waals surface area contributed by atoms with Gasteiger partial charge in [0.25, 0.3) is 0 Å². The molecule has 1 N–H and O–H groups in total. The number of benzene rings is 1. The van der Waals surface area contributed by atoms with Crippen LogP contribution < -0.4 is 10.1 Å². The molecule has 4 heteroatoms. The summed E-state index contributed by atoms with van der Waals surface area (Å²) in [6.45, 7) is 2.04. The number of ether oxygens (including phenoxy) is 1. The van der Waals surface area contributed by atoms with Crippen LogP contribution in [0, 0.1) is 18.3 Å². The van der Waals surface area contributed by atoms with Crippen LogP contribution in [0.1, 0.15) is 15.8 Å². The van der Waals surface area contributed by atoms with E-state index in [1.807, 2.05) is 43.3 Å². The van der Waals surface area contributed by atoms with Crippen molar-refractivity contribution < 1.29 is 4.74 Å². The molecule has 18 heavy (non-hydrogen) atoms. The van der Waals surface area contributed by atoms with Crippen molar-refractivity contribution in [3.8, 4) is 11.8 Å². The Balaban J connectivity index is 2.13. The van der Waals surface area contributed by atoms with Gasteiger partial charge in [-0.15, -0.1) is 11.3 Å². The molecule has 0 amide bonds. The summed E-state index contributed by atoms with van der Waals surface area (Å²) in [6, 6.07) is 13.5. The van der Waals surface area contributed by atoms with Gasteiger partial charge in [-0.25, -0.2) is 0 Å². The Kier molecular flexibility index (Phi) is 3.85. The van der Waals surface area contributed by atoms with Crippen molar-refractivity contribution in [3.63, 3.8) is 0 Å². The Hall–Kier alpha value is -1.99. The Morgan fingerprint density at radius 1 is 1.22 bits per heavy atom. The van der Waals surface area contributed by atoms with E-state index in [4.69, 9.17) is 4.74 Å². The van der Waals surface area contributed by atoms with Crippen LogP contribution in [-0.4, -0.2) is 7.11 Å². The van der Waals surface area contributed by atoms with Crippen molar-refractivity contribution in [3.05, 3.63) is 46.2 Å². The molecule has 1 aromatic carbocycles. The summed E-state index contributed by atoms with van der Waals surface area (Å²) >= 11 is 1.64. The number of nitriles is 1. The van der Waals surface area contributed by atoms with Crippen LogP contribution in [0.15, 0.2) is 36.4 Å². The minimum Gasteiger partial charge on any atom is -0.497 e. The molecule has 0 saturated heterocycles. The molecule has 1 aromatic heterocycles. The fourth-order valence-electron chi connectivity index (χ4n) is 1.63. The third kappa shape index (κ3) is 2.82. The second kappa shape index (κ2) is 5.56. The van der Waals surface area contributed by atoms with Crippen LogP contribution in [0.2, 0.25) is 0 Å². The monoisotopic (exact) mass is 258 g/mol. The van der Waals surface area contributed by atoms with Gasteiger partial charge < -0.3 is 10.1 Å². The molecule has 0 spiro atoms. The molecule has 1 atom stereocenters. The van der Waals surface area contributed by atoms with E-state index in [0.29, 0.717) is 0 Å². The summed E-state index contributed by atoms with van der Waals surface area (Å²) in [5, 5.41) is 12.4. The molecular formula is C14H14N2OS. The van der Waals surface area contributed by atoms with Gasteiger partial charge in [0.15, 0.2) is 0 Å². The van der Waals surface area contributed by atoms with E-state index in [9.17, 15) is 5.26 Å². The van der Waals surface area contributed by atoms with Gasteiger partial charge >= 0.3 is 0 Å². The zero-order valence-electron chi connectivity index (χ0n) is 10.3. The highest BCUT2D eigenvalue weighted by molar-refractivity contribution is 7.12. The van der Waals surface area contributed by atoms with Crippen LogP contribution >= 0.6 is 11.3 Å². The minimum absolute atomic E-state index is 0.308. The molecule has 0 aliphatic carbocycles. The summed E-state index contributed by atoms with van der Waals surface area (Å²) in [5.74, 6) is 0.807. The van der Waals surface area contributed by atoms with Crippen LogP contribution in [-0.2, 0) is 0 Å². The quantitative estimate of drug-likeness (QED) is 0.908. The maximum absolute atomic E-state index is 9.22. The Labute approximate surface area is 111 Å². The van der Waals surface area contributed by atoms with Crippen LogP contribution in [0.5, 0.6) is 5.75 Å². The minimum atomic E-state index is -0.308. The van der Waals surface area contributed by atoms with E-state index < -0.39 is 0 Å². The lowest BCUT2D eigenvalue weighted by molar-refractivity contribution is 0.415. The molecule has 1 unspecified atom stereocenters. The fourth-order valence-corrected chi connectivity index (χ4v) is 2.50. The van der Waals surface area contributed by atoms with Crippen molar-refractivity contribution >= 4 is 17.0 Å². The normalized spacial score (nSPS) is 11.6. The highest BCUT2D eigenvalue weighted by atomic mass is 32.1. The molecular weight excluding hydrogens is 244 g/mol. The van der Waals surface area contributed by atoms with Crippen LogP contribution in [0.4, 0.5) is 5.69 Å². The molecule has 0 fully saturated rings. The van der Waals surface area contributed by atoms with E-state index in [1.165, 1.54) is 4.88 Å². The maximum Gasteiger partial charge on any atom is 0.149 e. The first-order valence-corrected chi connectivity index (χ1v) is 6.41. The average molecular weight is 258 g/mol. The molecule has 1 heterocycles. The van der Waals surface area contributed by atoms with Crippen molar-refractivity contribution in [2.75, 3.05) is 12.4 Å². The lowest BCUT2D eigenvalue weighted by Crippen LogP contribution is -2.06. The van der Waals surface area contributed by atoms with E-state index in [2.05, 4.69) is 11.4 Å². The van der Waals surface area contributed by atoms with Crippen LogP contribution in [0.25, 0.3) is 0 Å². The maximum atomic E-state index is 9.22. The number of anilines is 1. The lowest BCUT2D eigenvalue weighted by Gasteiger charge is -2.11. The number of nitrogens with one attached hydrogen (secondary N) is 1. The van der Waals surface area contributed by atoms with Gasteiger partial charge in [-0.05, 0) is 43.3 Å². The smallest absolute Gasteiger partial charge is 0.149 e. The lowest BCUT2D eigenvalue weighted by atomic mass is 10.2. The zero-order chi connectivity index (χ0) is 13.0. The number of rotatable bonds is 4. The van der Waals surface area contributed by atoms with Crippen molar-refractivity contribution in [2.45, 2.75) is 13.0 Å². The Morgan fingerprint density at radius 3 is 2.44 bits per heavy atom. The SMILES string of the molecule is COc1ccc(NC(C#N)c2ccc(C)s2)cc1. The third-order valence-electron chi connectivity index (χ3n) is 2.58. The fraction of sp³-hybridized carbons (Fsp3) is 0.214. The first-order chi connectivity index (χ1) is 8.72. The molecule has 0 aliphatic heterocycles. The van der Waals surface area contributed by atoms with Gasteiger partial charge in [0, 0.05) is 15.4 Å². The van der Waals surface area contributed by atoms with Crippen molar-refractivity contribution in [1.82, 2.24) is 0 Å². The number of methoxy groups -OCH3 is 1. The first-order valence-electron chi connectivity index (χ1n) is 5.59. The topological polar surface area (TPSA) is 45.0 Å². The van der Waals surface area contributed by atoms with Crippen molar-refractivity contribution in [2.24, 2.45) is 0 Å². The molecule has 2 rings (SSSR count). The number of thiophene rings is 1. The molecule has 92 valence electrons. The Bertz CT molecular complexity index is 554. The highest BCUT2D eigenvalue weighted by Gasteiger charge is 2.12. The second-order valence-electron chi connectivity index (χ2n) is 3.88. The van der Waals surface area contributed by atoms with E-state index in [1.54, 1.807) is 18.4 Å². The third-order valence-corrected chi connectivity index (χ3v) is 3.64. The molecule has 0 radical (unpaired) electrons. The highest BCUT2D eigenvalue weighted by Crippen LogP contribution is 2.26. The van der Waals surface area contributed by atoms with Gasteiger partial charge in [0.05, 0.1) is 13.2 Å². The van der Waals surface area contributed by atoms with Gasteiger partial charge in [0.1, 0.15) is 11.8 Å². The molecule has 2 aromatic rings. The van der Waals surface area contributed by atoms with Crippen molar-refractivity contribution in [1.29, 1.82) is 5.26 Å². The molecule has 3 nitrogen and oxygen atoms in total. The average Bonchev–Trinajstić information content (AvgIpc) is 2.83. The first kappa shape index (κ1) is 12.5. The summed E-state index contributed by atoms with van der Waals surface area (Å²) in [6.07, 6.45) is 0. The Morgan fingerprint density at radius 2 is 1.94 bits per heavy atom. The van der Waals surface area contributed by atoms with E-state index in [-0.39, 0.29) is 6.04 Å². The van der Waals surface area contributed by atoms with Gasteiger partial charge in [-0.1, -0.05) is 0 Å². The van der Waals surface area contributed by atoms with Gasteiger partial charge in [-0.2, -0.15) is 5.26 Å². The van der Waals surface area contributed by atoms with Gasteiger partial charge in [-0.3, -0.25) is 0 Å². The van der Waals surface area contributed by atoms with E-state index in [0.717, 1.165) is 16.3 Å². The second-order valence-corrected chi connectivity index (χ2v) is 5.20. The summed E-state index contributed by atoms with van der Waals surface area (Å²) in [7, 11) is 1.63. The molecule has 0 bridgehead atoms. The van der Waals surface area contributed by atoms with Crippen LogP contribution in [0.3, 0.4) is 0 Å². The number of hydrogen-bond donors (Lipinski definition) is 1. The number of aryl methyl sites for hydroxylation is 1. The van der Waals surface area contributed by atoms with E-state index >= 15 is 0 Å². The standard InChI is InChI=1S/C14H14N2OS/c1-10-3-8-14(18-10)13(9-15)16-11-4-6-12(17-2)7-5-11/h3-8,13,16H,1-2H3. The summed E-state index contributed by atoms with van der Waals surface area (Å²) in [4.78, 5) is 2.24. The van der Waals surface area contributed by atoms with Gasteiger partial charge in [0.2, 0.25) is 0 Å². The zero-order valence-corrected chi connectivity index (χ0v) is 11.1. The summed E-state index contributed by atoms with van der Waals surface area (Å²) in [5.41, 5.74) is 0.911. The largest absolute Gasteiger partial charge is 0.497 e. The molecule has 0 aliphatic rings. The predicted octanol–water partition coefficient (Wildman–Crippen LogP) is 3.74. The number of hydrogen-bond acceptors (Lipinski definition) is 4.